The zero-order valence-electron chi connectivity index (χ0n) is 7.81. The van der Waals surface area contributed by atoms with Crippen molar-refractivity contribution in [1.29, 1.82) is 0 Å². The van der Waals surface area contributed by atoms with Gasteiger partial charge in [0.05, 0.1) is 0 Å². The van der Waals surface area contributed by atoms with E-state index < -0.39 is 0 Å². The molecule has 0 fully saturated rings. The van der Waals surface area contributed by atoms with Crippen LogP contribution in [0.25, 0.3) is 0 Å². The summed E-state index contributed by atoms with van der Waals surface area (Å²) in [5.74, 6) is 0. The van der Waals surface area contributed by atoms with E-state index in [-0.39, 0.29) is 12.4 Å². The highest BCUT2D eigenvalue weighted by atomic mass is 35.5. The summed E-state index contributed by atoms with van der Waals surface area (Å²) in [6.07, 6.45) is 8.62. The first kappa shape index (κ1) is 17.0. The number of rotatable bonds is 4. The monoisotopic (exact) mass is 176 g/mol. The van der Waals surface area contributed by atoms with Crippen LogP contribution in [0.1, 0.15) is 39.5 Å². The number of halogens is 1. The molecule has 0 heterocycles. The van der Waals surface area contributed by atoms with Gasteiger partial charge in [-0.25, -0.2) is 0 Å². The second-order valence-corrected chi connectivity index (χ2v) is 2.15. The van der Waals surface area contributed by atoms with Crippen molar-refractivity contribution in [2.24, 2.45) is 0 Å². The van der Waals surface area contributed by atoms with Gasteiger partial charge >= 0.3 is 0 Å². The molecule has 0 rings (SSSR count). The Kier molecular flexibility index (Phi) is 34.9. The Morgan fingerprint density at radius 1 is 0.909 bits per heavy atom. The van der Waals surface area contributed by atoms with Crippen molar-refractivity contribution < 1.29 is 0 Å². The molecule has 0 saturated carbocycles. The largest absolute Gasteiger partial charge is 0.147 e. The third-order valence-corrected chi connectivity index (χ3v) is 0.986. The molecule has 0 radical (unpaired) electrons. The Bertz CT molecular complexity index is 57.3. The van der Waals surface area contributed by atoms with Crippen molar-refractivity contribution in [2.45, 2.75) is 39.5 Å². The van der Waals surface area contributed by atoms with E-state index in [0.29, 0.717) is 0 Å². The highest BCUT2D eigenvalue weighted by Gasteiger charge is 1.62. The molecule has 0 unspecified atom stereocenters. The van der Waals surface area contributed by atoms with Gasteiger partial charge in [0.2, 0.25) is 0 Å². The molecule has 0 aliphatic carbocycles. The summed E-state index contributed by atoms with van der Waals surface area (Å²) >= 11 is 0. The first-order valence-electron chi connectivity index (χ1n) is 4.05. The standard InChI is InChI=1S/2C5H10.ClH/c2*1-3-5-4-2;/h2*3H,1,4-5H2,2H3;1H. The molecule has 0 bridgehead atoms. The van der Waals surface area contributed by atoms with Crippen LogP contribution in [0.15, 0.2) is 25.3 Å². The number of unbranched alkanes of at least 4 members (excludes halogenated alkanes) is 2. The zero-order chi connectivity index (χ0) is 8.24. The van der Waals surface area contributed by atoms with Crippen LogP contribution < -0.4 is 0 Å². The first-order chi connectivity index (χ1) is 4.83. The Morgan fingerprint density at radius 3 is 1.18 bits per heavy atom. The van der Waals surface area contributed by atoms with E-state index in [4.69, 9.17) is 0 Å². The molecule has 0 atom stereocenters. The summed E-state index contributed by atoms with van der Waals surface area (Å²) in [5.41, 5.74) is 0. The van der Waals surface area contributed by atoms with Crippen LogP contribution in [-0.2, 0) is 0 Å². The van der Waals surface area contributed by atoms with Gasteiger partial charge in [0.15, 0.2) is 0 Å². The van der Waals surface area contributed by atoms with E-state index in [1.165, 1.54) is 12.8 Å². The molecule has 0 aromatic rings. The maximum absolute atomic E-state index is 3.55. The lowest BCUT2D eigenvalue weighted by molar-refractivity contribution is 0.961. The van der Waals surface area contributed by atoms with Gasteiger partial charge in [0.25, 0.3) is 0 Å². The maximum atomic E-state index is 3.55. The Hall–Kier alpha value is -0.230. The third-order valence-electron chi connectivity index (χ3n) is 0.986. The first-order valence-corrected chi connectivity index (χ1v) is 4.05. The zero-order valence-corrected chi connectivity index (χ0v) is 8.62. The van der Waals surface area contributed by atoms with Crippen molar-refractivity contribution in [3.05, 3.63) is 25.3 Å². The molecule has 0 nitrogen and oxygen atoms in total. The topological polar surface area (TPSA) is 0 Å². The average molecular weight is 177 g/mol. The smallest absolute Gasteiger partial charge is 0.0356 e. The molecule has 0 aromatic heterocycles. The fourth-order valence-electron chi connectivity index (χ4n) is 0.408. The van der Waals surface area contributed by atoms with E-state index in [9.17, 15) is 0 Å². The van der Waals surface area contributed by atoms with E-state index in [2.05, 4.69) is 27.0 Å². The predicted octanol–water partition coefficient (Wildman–Crippen LogP) is 4.37. The SMILES string of the molecule is C=CCCC.C=CCCC.Cl. The molecule has 68 valence electrons. The van der Waals surface area contributed by atoms with Crippen molar-refractivity contribution in [1.82, 2.24) is 0 Å². The minimum absolute atomic E-state index is 0. The van der Waals surface area contributed by atoms with Gasteiger partial charge in [-0.05, 0) is 12.8 Å². The van der Waals surface area contributed by atoms with Crippen molar-refractivity contribution >= 4 is 12.4 Å². The van der Waals surface area contributed by atoms with Crippen molar-refractivity contribution in [2.75, 3.05) is 0 Å². The molecule has 11 heavy (non-hydrogen) atoms. The summed E-state index contributed by atoms with van der Waals surface area (Å²) in [4.78, 5) is 0. The van der Waals surface area contributed by atoms with Gasteiger partial charge in [-0.15, -0.1) is 25.6 Å². The Labute approximate surface area is 77.8 Å². The molecule has 0 aliphatic rings. The Balaban J connectivity index is -0.000000107. The molecular formula is C10H21Cl. The lowest BCUT2D eigenvalue weighted by Crippen LogP contribution is -1.52. The third kappa shape index (κ3) is 41.5. The van der Waals surface area contributed by atoms with Crippen LogP contribution in [0.4, 0.5) is 0 Å². The van der Waals surface area contributed by atoms with Crippen LogP contribution in [0, 0.1) is 0 Å². The van der Waals surface area contributed by atoms with E-state index in [1.807, 2.05) is 12.2 Å². The summed E-state index contributed by atoms with van der Waals surface area (Å²) in [6.45, 7) is 11.4. The summed E-state index contributed by atoms with van der Waals surface area (Å²) in [6, 6.07) is 0. The maximum Gasteiger partial charge on any atom is -0.0356 e. The van der Waals surface area contributed by atoms with Gasteiger partial charge in [-0.1, -0.05) is 38.8 Å². The number of hydrogen-bond acceptors (Lipinski definition) is 0. The highest BCUT2D eigenvalue weighted by Crippen LogP contribution is 1.82. The van der Waals surface area contributed by atoms with Gasteiger partial charge in [-0.3, -0.25) is 0 Å². The fraction of sp³-hybridized carbons (Fsp3) is 0.600. The number of hydrogen-bond donors (Lipinski definition) is 0. The van der Waals surface area contributed by atoms with Crippen molar-refractivity contribution in [3.8, 4) is 0 Å². The summed E-state index contributed by atoms with van der Waals surface area (Å²) in [5, 5.41) is 0. The normalized spacial score (nSPS) is 6.73. The van der Waals surface area contributed by atoms with Gasteiger partial charge in [0.1, 0.15) is 0 Å². The molecule has 0 N–H and O–H groups in total. The minimum atomic E-state index is 0. The molecule has 0 aliphatic heterocycles. The van der Waals surface area contributed by atoms with E-state index in [0.717, 1.165) is 12.8 Å². The molecule has 0 saturated heterocycles. The van der Waals surface area contributed by atoms with E-state index in [1.54, 1.807) is 0 Å². The lowest BCUT2D eigenvalue weighted by Gasteiger charge is -1.72. The van der Waals surface area contributed by atoms with Crippen LogP contribution >= 0.6 is 12.4 Å². The van der Waals surface area contributed by atoms with E-state index >= 15 is 0 Å². The molecule has 1 heteroatoms. The molecular weight excluding hydrogens is 156 g/mol. The highest BCUT2D eigenvalue weighted by molar-refractivity contribution is 5.85. The van der Waals surface area contributed by atoms with Gasteiger partial charge < -0.3 is 0 Å². The lowest BCUT2D eigenvalue weighted by atomic mass is 10.3. The average Bonchev–Trinajstić information content (AvgIpc) is 1.93. The van der Waals surface area contributed by atoms with Crippen molar-refractivity contribution in [3.63, 3.8) is 0 Å². The van der Waals surface area contributed by atoms with Gasteiger partial charge in [0, 0.05) is 0 Å². The van der Waals surface area contributed by atoms with Crippen LogP contribution in [-0.4, -0.2) is 0 Å². The summed E-state index contributed by atoms with van der Waals surface area (Å²) in [7, 11) is 0. The Morgan fingerprint density at radius 2 is 1.18 bits per heavy atom. The van der Waals surface area contributed by atoms with Crippen LogP contribution in [0.5, 0.6) is 0 Å². The molecule has 0 spiro atoms. The molecule has 0 amide bonds. The molecule has 0 aromatic carbocycles. The van der Waals surface area contributed by atoms with Gasteiger partial charge in [-0.2, -0.15) is 0 Å². The second kappa shape index (κ2) is 22.6. The predicted molar refractivity (Wildman–Crippen MR) is 57.5 cm³/mol. The minimum Gasteiger partial charge on any atom is -0.147 e. The second-order valence-electron chi connectivity index (χ2n) is 2.15. The number of allylic oxidation sites excluding steroid dienone is 2. The van der Waals surface area contributed by atoms with Crippen LogP contribution in [0.3, 0.4) is 0 Å². The van der Waals surface area contributed by atoms with Crippen LogP contribution in [0.2, 0.25) is 0 Å². The fourth-order valence-corrected chi connectivity index (χ4v) is 0.408. The summed E-state index contributed by atoms with van der Waals surface area (Å²) < 4.78 is 0. The quantitative estimate of drug-likeness (QED) is 0.559.